The minimum Gasteiger partial charge on any atom is -0.384 e. The number of nitrogens with two attached hydrogens (primary N) is 1. The number of rotatable bonds is 6. The fraction of sp³-hybridized carbons (Fsp3) is 0.0882. The smallest absolute Gasteiger partial charge is 0.274 e. The van der Waals surface area contributed by atoms with Crippen LogP contribution in [-0.2, 0) is 19.7 Å². The topological polar surface area (TPSA) is 116 Å². The predicted molar refractivity (Wildman–Crippen MR) is 175 cm³/mol. The second kappa shape index (κ2) is 11.2. The van der Waals surface area contributed by atoms with Gasteiger partial charge < -0.3 is 5.73 Å². The summed E-state index contributed by atoms with van der Waals surface area (Å²) in [5, 5.41) is 0. The third-order valence-electron chi connectivity index (χ3n) is 7.52. The Morgan fingerprint density at radius 3 is 1.68 bits per heavy atom. The Morgan fingerprint density at radius 2 is 1.16 bits per heavy atom. The van der Waals surface area contributed by atoms with Gasteiger partial charge in [-0.25, -0.2) is 16.8 Å². The van der Waals surface area contributed by atoms with E-state index in [2.05, 4.69) is 0 Å². The molecule has 0 fully saturated rings. The highest BCUT2D eigenvalue weighted by Gasteiger charge is 2.44. The molecule has 222 valence electrons. The summed E-state index contributed by atoms with van der Waals surface area (Å²) in [4.78, 5) is 13.3. The predicted octanol–water partition coefficient (Wildman–Crippen LogP) is 4.29. The first-order valence-corrected chi connectivity index (χ1v) is 17.5. The van der Waals surface area contributed by atoms with Gasteiger partial charge in [0.1, 0.15) is 15.4 Å². The molecule has 1 aliphatic rings. The van der Waals surface area contributed by atoms with Crippen LogP contribution in [0.2, 0.25) is 0 Å². The number of fused-ring (bicyclic) bond motifs is 1. The Kier molecular flexibility index (Phi) is 7.53. The monoisotopic (exact) mass is 640 g/mol. The molecule has 0 saturated carbocycles. The lowest BCUT2D eigenvalue weighted by molar-refractivity contribution is 0.598. The Labute approximate surface area is 259 Å². The fourth-order valence-electron chi connectivity index (χ4n) is 5.26. The van der Waals surface area contributed by atoms with E-state index in [4.69, 9.17) is 5.73 Å². The van der Waals surface area contributed by atoms with Crippen LogP contribution < -0.4 is 20.5 Å². The zero-order chi connectivity index (χ0) is 31.2. The van der Waals surface area contributed by atoms with Crippen molar-refractivity contribution >= 4 is 47.8 Å². The molecule has 0 unspecified atom stereocenters. The van der Waals surface area contributed by atoms with Crippen LogP contribution in [-0.4, -0.2) is 21.4 Å². The van der Waals surface area contributed by atoms with Gasteiger partial charge in [-0.05, 0) is 55.3 Å². The summed E-state index contributed by atoms with van der Waals surface area (Å²) in [5.41, 5.74) is 9.18. The van der Waals surface area contributed by atoms with Crippen LogP contribution in [0.5, 0.6) is 0 Å². The molecule has 1 atom stereocenters. The Bertz CT molecular complexity index is 2320. The van der Waals surface area contributed by atoms with E-state index in [-0.39, 0.29) is 34.6 Å². The van der Waals surface area contributed by atoms with Crippen LogP contribution in [0.3, 0.4) is 0 Å². The van der Waals surface area contributed by atoms with E-state index in [0.717, 1.165) is 32.6 Å². The molecule has 0 radical (unpaired) electrons. The van der Waals surface area contributed by atoms with Gasteiger partial charge in [0, 0.05) is 0 Å². The highest BCUT2D eigenvalue weighted by molar-refractivity contribution is 8.00. The quantitative estimate of drug-likeness (QED) is 0.296. The molecule has 5 aromatic rings. The van der Waals surface area contributed by atoms with Crippen molar-refractivity contribution < 1.29 is 16.8 Å². The van der Waals surface area contributed by atoms with E-state index < -0.39 is 31.2 Å². The van der Waals surface area contributed by atoms with Crippen molar-refractivity contribution in [1.29, 1.82) is 0 Å². The molecule has 1 aromatic heterocycles. The number of aryl methyl sites for hydroxylation is 2. The summed E-state index contributed by atoms with van der Waals surface area (Å²) in [6.45, 7) is 3.83. The maximum Gasteiger partial charge on any atom is 0.274 e. The Balaban J connectivity index is 1.80. The lowest BCUT2D eigenvalue weighted by atomic mass is 9.96. The summed E-state index contributed by atoms with van der Waals surface area (Å²) >= 11 is 0.974. The molecule has 0 bridgehead atoms. The van der Waals surface area contributed by atoms with Gasteiger partial charge in [0.25, 0.3) is 5.56 Å². The minimum absolute atomic E-state index is 0.0273. The summed E-state index contributed by atoms with van der Waals surface area (Å²) < 4.78 is 59.4. The van der Waals surface area contributed by atoms with Crippen LogP contribution in [0.4, 0.5) is 0 Å². The van der Waals surface area contributed by atoms with Gasteiger partial charge in [0.2, 0.25) is 19.7 Å². The summed E-state index contributed by atoms with van der Waals surface area (Å²) in [6, 6.07) is 30.0. The maximum absolute atomic E-state index is 14.6. The Morgan fingerprint density at radius 1 is 0.682 bits per heavy atom. The van der Waals surface area contributed by atoms with Gasteiger partial charge in [0.15, 0.2) is 0 Å². The summed E-state index contributed by atoms with van der Waals surface area (Å²) in [7, 11) is -8.77. The lowest BCUT2D eigenvalue weighted by Gasteiger charge is -2.29. The molecule has 4 aromatic carbocycles. The van der Waals surface area contributed by atoms with Gasteiger partial charge in [-0.3, -0.25) is 9.36 Å². The van der Waals surface area contributed by atoms with E-state index in [1.54, 1.807) is 66.7 Å². The van der Waals surface area contributed by atoms with Crippen molar-refractivity contribution in [3.05, 3.63) is 156 Å². The maximum atomic E-state index is 14.6. The first-order chi connectivity index (χ1) is 21.0. The standard InChI is InChI=1S/C34H28N2O5S3/c1-22-13-17-24(18-14-22)21-28-33(37)36-32(35)30(43(38,39)26-9-5-3-6-10-26)29(25-19-15-23(2)16-20-25)31(34(36)42-28)44(40,41)27-11-7-4-8-12-27/h3-21,29H,35H2,1-2H3/b28-21+/t29-/m1/s1. The van der Waals surface area contributed by atoms with E-state index in [1.165, 1.54) is 24.3 Å². The van der Waals surface area contributed by atoms with Crippen LogP contribution in [0.1, 0.15) is 28.2 Å². The third kappa shape index (κ3) is 5.04. The number of hydrogen-bond acceptors (Lipinski definition) is 7. The molecule has 0 saturated heterocycles. The number of hydrogen-bond donors (Lipinski definition) is 1. The molecule has 44 heavy (non-hydrogen) atoms. The fourth-order valence-corrected chi connectivity index (χ4v) is 10.2. The van der Waals surface area contributed by atoms with Crippen molar-refractivity contribution in [3.8, 4) is 0 Å². The second-order valence-corrected chi connectivity index (χ2v) is 15.4. The number of sulfone groups is 2. The molecule has 10 heteroatoms. The van der Waals surface area contributed by atoms with Crippen LogP contribution in [0.15, 0.2) is 129 Å². The van der Waals surface area contributed by atoms with Gasteiger partial charge >= 0.3 is 0 Å². The number of aromatic nitrogens is 1. The normalized spacial score (nSPS) is 15.8. The molecular weight excluding hydrogens is 613 g/mol. The highest BCUT2D eigenvalue weighted by Crippen LogP contribution is 2.45. The number of thiazole rings is 1. The first-order valence-electron chi connectivity index (χ1n) is 13.7. The Hall–Kier alpha value is -4.51. The van der Waals surface area contributed by atoms with Gasteiger partial charge in [-0.1, -0.05) is 96.1 Å². The van der Waals surface area contributed by atoms with Crippen LogP contribution in [0.25, 0.3) is 16.8 Å². The van der Waals surface area contributed by atoms with Crippen molar-refractivity contribution in [2.75, 3.05) is 0 Å². The average molecular weight is 641 g/mol. The molecular formula is C34H28N2O5S3. The van der Waals surface area contributed by atoms with Crippen molar-refractivity contribution in [1.82, 2.24) is 4.57 Å². The average Bonchev–Trinajstić information content (AvgIpc) is 3.34. The van der Waals surface area contributed by atoms with E-state index in [0.29, 0.717) is 5.56 Å². The lowest BCUT2D eigenvalue weighted by Crippen LogP contribution is -2.41. The van der Waals surface area contributed by atoms with Crippen molar-refractivity contribution in [2.45, 2.75) is 29.6 Å². The van der Waals surface area contributed by atoms with E-state index >= 15 is 0 Å². The summed E-state index contributed by atoms with van der Waals surface area (Å²) in [6.07, 6.45) is 1.66. The number of benzene rings is 4. The molecule has 0 amide bonds. The molecule has 0 aliphatic carbocycles. The summed E-state index contributed by atoms with van der Waals surface area (Å²) in [5.74, 6) is -1.65. The van der Waals surface area contributed by atoms with Crippen LogP contribution >= 0.6 is 11.3 Å². The van der Waals surface area contributed by atoms with Gasteiger partial charge in [0.05, 0.1) is 25.1 Å². The largest absolute Gasteiger partial charge is 0.384 e. The minimum atomic E-state index is -4.40. The van der Waals surface area contributed by atoms with E-state index in [1.807, 2.05) is 38.1 Å². The first kappa shape index (κ1) is 29.6. The van der Waals surface area contributed by atoms with E-state index in [9.17, 15) is 21.6 Å². The zero-order valence-corrected chi connectivity index (χ0v) is 26.3. The molecule has 2 N–H and O–H groups in total. The zero-order valence-electron chi connectivity index (χ0n) is 23.8. The van der Waals surface area contributed by atoms with Gasteiger partial charge in [-0.15, -0.1) is 11.3 Å². The number of allylic oxidation sites excluding steroid dienone is 1. The molecule has 2 heterocycles. The van der Waals surface area contributed by atoms with Crippen molar-refractivity contribution in [2.24, 2.45) is 5.73 Å². The SMILES string of the molecule is Cc1ccc(/C=c2/sc3n(c2=O)C(N)=C(S(=O)(=O)c2ccccc2)[C@@H](c2ccc(C)cc2)C=3S(=O)(=O)c2ccccc2)cc1. The highest BCUT2D eigenvalue weighted by atomic mass is 32.2. The number of nitrogens with zero attached hydrogens (tertiary/aromatic N) is 1. The third-order valence-corrected chi connectivity index (χ3v) is 12.6. The van der Waals surface area contributed by atoms with Gasteiger partial charge in [-0.2, -0.15) is 0 Å². The van der Waals surface area contributed by atoms with Crippen LogP contribution in [0, 0.1) is 13.8 Å². The molecule has 1 aliphatic heterocycles. The molecule has 6 rings (SSSR count). The second-order valence-electron chi connectivity index (χ2n) is 10.6. The molecule has 0 spiro atoms. The van der Waals surface area contributed by atoms with Crippen molar-refractivity contribution in [3.63, 3.8) is 0 Å². The molecule has 7 nitrogen and oxygen atoms in total.